The predicted molar refractivity (Wildman–Crippen MR) is 130 cm³/mol. The number of hydrogen-bond acceptors (Lipinski definition) is 4. The predicted octanol–water partition coefficient (Wildman–Crippen LogP) is 3.90. The number of nitrogens with zero attached hydrogens (tertiary/aromatic N) is 4. The van der Waals surface area contributed by atoms with E-state index in [9.17, 15) is 9.59 Å². The molecule has 0 aliphatic rings. The van der Waals surface area contributed by atoms with E-state index in [1.54, 1.807) is 4.68 Å². The fourth-order valence-corrected chi connectivity index (χ4v) is 4.22. The van der Waals surface area contributed by atoms with Crippen molar-refractivity contribution in [3.8, 4) is 5.69 Å². The van der Waals surface area contributed by atoms with Gasteiger partial charge in [0.2, 0.25) is 5.91 Å². The Morgan fingerprint density at radius 1 is 1.00 bits per heavy atom. The highest BCUT2D eigenvalue weighted by Crippen LogP contribution is 2.22. The van der Waals surface area contributed by atoms with Gasteiger partial charge in [-0.25, -0.2) is 9.36 Å². The van der Waals surface area contributed by atoms with Crippen LogP contribution in [-0.4, -0.2) is 32.0 Å². The Kier molecular flexibility index (Phi) is 6.68. The lowest BCUT2D eigenvalue weighted by molar-refractivity contribution is -0.124. The number of para-hydroxylation sites is 1. The van der Waals surface area contributed by atoms with Gasteiger partial charge >= 0.3 is 0 Å². The number of nitrogens with one attached hydrogen (secondary N) is 1. The molecule has 7 nitrogen and oxygen atoms in total. The van der Waals surface area contributed by atoms with Gasteiger partial charge in [-0.2, -0.15) is 10.2 Å². The Labute approximate surface area is 193 Å². The monoisotopic (exact) mass is 443 g/mol. The van der Waals surface area contributed by atoms with Crippen molar-refractivity contribution >= 4 is 16.8 Å². The normalized spacial score (nSPS) is 12.1. The van der Waals surface area contributed by atoms with Gasteiger partial charge < -0.3 is 5.32 Å². The van der Waals surface area contributed by atoms with Crippen LogP contribution in [0.2, 0.25) is 0 Å². The zero-order chi connectivity index (χ0) is 23.4. The van der Waals surface area contributed by atoms with E-state index < -0.39 is 6.04 Å². The fraction of sp³-hybridized carbons (Fsp3) is 0.308. The Morgan fingerprint density at radius 2 is 1.67 bits per heavy atom. The molecule has 170 valence electrons. The average Bonchev–Trinajstić information content (AvgIpc) is 3.19. The van der Waals surface area contributed by atoms with Crippen LogP contribution in [0.25, 0.3) is 16.6 Å². The third kappa shape index (κ3) is 4.58. The van der Waals surface area contributed by atoms with E-state index in [0.29, 0.717) is 24.2 Å². The van der Waals surface area contributed by atoms with Crippen molar-refractivity contribution in [2.45, 2.75) is 46.1 Å². The van der Waals surface area contributed by atoms with Crippen LogP contribution < -0.4 is 10.9 Å². The van der Waals surface area contributed by atoms with Crippen LogP contribution >= 0.6 is 0 Å². The zero-order valence-electron chi connectivity index (χ0n) is 19.3. The molecule has 0 radical (unpaired) electrons. The topological polar surface area (TPSA) is 81.8 Å². The van der Waals surface area contributed by atoms with Crippen LogP contribution in [0, 0.1) is 13.8 Å². The van der Waals surface area contributed by atoms with Crippen molar-refractivity contribution in [1.29, 1.82) is 0 Å². The third-order valence-electron chi connectivity index (χ3n) is 5.92. The van der Waals surface area contributed by atoms with Crippen LogP contribution in [0.4, 0.5) is 0 Å². The Bertz CT molecular complexity index is 1310. The molecule has 0 bridgehead atoms. The first-order chi connectivity index (χ1) is 16.0. The molecule has 2 heterocycles. The van der Waals surface area contributed by atoms with Crippen LogP contribution in [-0.2, 0) is 11.2 Å². The summed E-state index contributed by atoms with van der Waals surface area (Å²) in [6, 6.07) is 19.2. The smallest absolute Gasteiger partial charge is 0.295 e. The van der Waals surface area contributed by atoms with Gasteiger partial charge in [0, 0.05) is 6.54 Å². The first-order valence-corrected chi connectivity index (χ1v) is 11.4. The van der Waals surface area contributed by atoms with Gasteiger partial charge in [-0.1, -0.05) is 55.5 Å². The summed E-state index contributed by atoms with van der Waals surface area (Å²) in [5, 5.41) is 12.8. The Morgan fingerprint density at radius 3 is 2.33 bits per heavy atom. The number of rotatable bonds is 8. The highest BCUT2D eigenvalue weighted by Gasteiger charge is 2.25. The molecule has 0 aliphatic carbocycles. The fourth-order valence-electron chi connectivity index (χ4n) is 4.22. The summed E-state index contributed by atoms with van der Waals surface area (Å²) in [6.45, 7) is 6.21. The lowest BCUT2D eigenvalue weighted by Crippen LogP contribution is -2.39. The number of carbonyl (C=O) groups is 1. The molecule has 0 saturated heterocycles. The summed E-state index contributed by atoms with van der Waals surface area (Å²) in [6.07, 6.45) is 2.17. The van der Waals surface area contributed by atoms with Gasteiger partial charge in [0.1, 0.15) is 6.04 Å². The highest BCUT2D eigenvalue weighted by atomic mass is 16.2. The molecule has 2 aromatic heterocycles. The largest absolute Gasteiger partial charge is 0.354 e. The van der Waals surface area contributed by atoms with Crippen LogP contribution in [0.1, 0.15) is 42.8 Å². The molecular weight excluding hydrogens is 414 g/mol. The second kappa shape index (κ2) is 9.81. The van der Waals surface area contributed by atoms with Crippen LogP contribution in [0.5, 0.6) is 0 Å². The van der Waals surface area contributed by atoms with Crippen molar-refractivity contribution in [2.24, 2.45) is 0 Å². The number of aromatic nitrogens is 4. The summed E-state index contributed by atoms with van der Waals surface area (Å²) < 4.78 is 3.06. The van der Waals surface area contributed by atoms with Crippen molar-refractivity contribution in [1.82, 2.24) is 24.9 Å². The van der Waals surface area contributed by atoms with E-state index in [1.807, 2.05) is 69.3 Å². The molecule has 4 rings (SSSR count). The second-order valence-electron chi connectivity index (χ2n) is 8.20. The van der Waals surface area contributed by atoms with E-state index in [1.165, 1.54) is 10.2 Å². The van der Waals surface area contributed by atoms with Crippen molar-refractivity contribution in [3.05, 3.63) is 88.0 Å². The average molecular weight is 444 g/mol. The summed E-state index contributed by atoms with van der Waals surface area (Å²) in [5.41, 5.74) is 3.63. The quantitative estimate of drug-likeness (QED) is 0.419. The van der Waals surface area contributed by atoms with Gasteiger partial charge in [-0.05, 0) is 50.8 Å². The number of hydrogen-bond donors (Lipinski definition) is 1. The molecule has 0 aliphatic heterocycles. The summed E-state index contributed by atoms with van der Waals surface area (Å²) in [7, 11) is 0. The summed E-state index contributed by atoms with van der Waals surface area (Å²) in [5.74, 6) is -0.196. The molecule has 0 spiro atoms. The summed E-state index contributed by atoms with van der Waals surface area (Å²) in [4.78, 5) is 26.3. The maximum atomic E-state index is 13.3. The molecule has 0 saturated carbocycles. The van der Waals surface area contributed by atoms with Gasteiger partial charge in [-0.15, -0.1) is 0 Å². The molecule has 1 N–H and O–H groups in total. The first-order valence-electron chi connectivity index (χ1n) is 11.4. The lowest BCUT2D eigenvalue weighted by Gasteiger charge is -2.17. The summed E-state index contributed by atoms with van der Waals surface area (Å²) >= 11 is 0. The number of aryl methyl sites for hydroxylation is 3. The van der Waals surface area contributed by atoms with Gasteiger partial charge in [0.15, 0.2) is 5.52 Å². The molecular formula is C26H29N5O2. The molecule has 1 amide bonds. The third-order valence-corrected chi connectivity index (χ3v) is 5.92. The van der Waals surface area contributed by atoms with E-state index in [0.717, 1.165) is 29.6 Å². The SMILES string of the molecule is CC[C@@H](C(=O)NCCCc1ccccc1)n1nc(C)c2c(C)n(-c3ccccc3)nc2c1=O. The highest BCUT2D eigenvalue weighted by molar-refractivity contribution is 5.84. The molecule has 1 atom stereocenters. The van der Waals surface area contributed by atoms with E-state index in [2.05, 4.69) is 27.6 Å². The van der Waals surface area contributed by atoms with Crippen molar-refractivity contribution < 1.29 is 4.79 Å². The number of carbonyl (C=O) groups excluding carboxylic acids is 1. The number of amides is 1. The van der Waals surface area contributed by atoms with Gasteiger partial charge in [0.05, 0.1) is 22.5 Å². The molecule has 7 heteroatoms. The molecule has 0 unspecified atom stereocenters. The maximum Gasteiger partial charge on any atom is 0.295 e. The number of benzene rings is 2. The van der Waals surface area contributed by atoms with Gasteiger partial charge in [-0.3, -0.25) is 9.59 Å². The Balaban J connectivity index is 1.57. The van der Waals surface area contributed by atoms with E-state index in [-0.39, 0.29) is 11.5 Å². The van der Waals surface area contributed by atoms with Crippen molar-refractivity contribution in [3.63, 3.8) is 0 Å². The molecule has 2 aromatic carbocycles. The maximum absolute atomic E-state index is 13.3. The van der Waals surface area contributed by atoms with Crippen LogP contribution in [0.3, 0.4) is 0 Å². The lowest BCUT2D eigenvalue weighted by atomic mass is 10.1. The number of fused-ring (bicyclic) bond motifs is 1. The Hall–Kier alpha value is -3.74. The minimum atomic E-state index is -0.681. The van der Waals surface area contributed by atoms with E-state index in [4.69, 9.17) is 0 Å². The minimum Gasteiger partial charge on any atom is -0.354 e. The second-order valence-corrected chi connectivity index (χ2v) is 8.20. The molecule has 4 aromatic rings. The van der Waals surface area contributed by atoms with Gasteiger partial charge in [0.25, 0.3) is 5.56 Å². The first kappa shape index (κ1) is 22.5. The van der Waals surface area contributed by atoms with Crippen molar-refractivity contribution in [2.75, 3.05) is 6.54 Å². The zero-order valence-corrected chi connectivity index (χ0v) is 19.3. The van der Waals surface area contributed by atoms with Crippen LogP contribution in [0.15, 0.2) is 65.5 Å². The van der Waals surface area contributed by atoms with E-state index >= 15 is 0 Å². The minimum absolute atomic E-state index is 0.196. The standard InChI is InChI=1S/C26H29N5O2/c1-4-22(25(32)27-17-11-14-20-12-7-5-8-13-20)31-26(33)24-23(18(2)28-31)19(3)30(29-24)21-15-9-6-10-16-21/h5-10,12-13,15-16,22H,4,11,14,17H2,1-3H3,(H,27,32)/t22-/m0/s1. The molecule has 0 fully saturated rings. The molecule has 33 heavy (non-hydrogen) atoms.